The molecular formula is C30H30N3O+. The average molecular weight is 449 g/mol. The third-order valence-electron chi connectivity index (χ3n) is 7.88. The second-order valence-corrected chi connectivity index (χ2v) is 10.2. The molecule has 2 aromatic carbocycles. The minimum atomic E-state index is -0.0501. The van der Waals surface area contributed by atoms with E-state index in [4.69, 9.17) is 4.42 Å². The molecule has 0 N–H and O–H groups in total. The molecule has 4 aromatic rings. The van der Waals surface area contributed by atoms with E-state index in [0.29, 0.717) is 17.7 Å². The Kier molecular flexibility index (Phi) is 4.47. The number of aromatic nitrogens is 3. The molecule has 1 saturated carbocycles. The lowest BCUT2D eigenvalue weighted by atomic mass is 9.76. The fourth-order valence-corrected chi connectivity index (χ4v) is 6.42. The first kappa shape index (κ1) is 21.0. The maximum absolute atomic E-state index is 6.12. The first-order valence-corrected chi connectivity index (χ1v) is 12.2. The second-order valence-electron chi connectivity index (χ2n) is 10.2. The minimum Gasteiger partial charge on any atom is -0.416 e. The molecular weight excluding hydrogens is 418 g/mol. The Morgan fingerprint density at radius 2 is 1.68 bits per heavy atom. The highest BCUT2D eigenvalue weighted by atomic mass is 16.4. The molecule has 0 spiro atoms. The molecule has 34 heavy (non-hydrogen) atoms. The Hall–Kier alpha value is -3.53. The molecule has 1 aliphatic carbocycles. The summed E-state index contributed by atoms with van der Waals surface area (Å²) >= 11 is 0. The van der Waals surface area contributed by atoms with Crippen molar-refractivity contribution in [2.24, 2.45) is 5.92 Å². The van der Waals surface area contributed by atoms with E-state index in [1.807, 2.05) is 12.1 Å². The van der Waals surface area contributed by atoms with E-state index < -0.39 is 0 Å². The van der Waals surface area contributed by atoms with Gasteiger partial charge in [0.2, 0.25) is 23.0 Å². The lowest BCUT2D eigenvalue weighted by Gasteiger charge is -2.29. The first-order chi connectivity index (χ1) is 16.4. The van der Waals surface area contributed by atoms with Gasteiger partial charge in [0.1, 0.15) is 0 Å². The van der Waals surface area contributed by atoms with Crippen LogP contribution in [0.5, 0.6) is 0 Å². The summed E-state index contributed by atoms with van der Waals surface area (Å²) in [4.78, 5) is 0. The maximum atomic E-state index is 6.12. The molecule has 2 aliphatic rings. The summed E-state index contributed by atoms with van der Waals surface area (Å²) in [6, 6.07) is 21.3. The standard InChI is InChI=1S/C30H30N3O/c1-6-30-21(5)29(30,18-19(2)3)25-15-14-23(17-24(25)26-9-7-8-16-33(26)30)28-32-31-27(34-28)22-12-10-20(4)11-13-22/h7-17,19H,5-6,18H2,1-4H3/q+1. The smallest absolute Gasteiger partial charge is 0.248 e. The average Bonchev–Trinajstić information content (AvgIpc) is 3.13. The van der Waals surface area contributed by atoms with Crippen LogP contribution in [0, 0.1) is 12.8 Å². The highest BCUT2D eigenvalue weighted by Crippen LogP contribution is 2.71. The number of pyridine rings is 1. The third kappa shape index (κ3) is 2.62. The number of aryl methyl sites for hydroxylation is 1. The van der Waals surface area contributed by atoms with Gasteiger partial charge in [-0.3, -0.25) is 0 Å². The van der Waals surface area contributed by atoms with Crippen LogP contribution in [0.4, 0.5) is 0 Å². The molecule has 1 fully saturated rings. The van der Waals surface area contributed by atoms with Gasteiger partial charge in [-0.2, -0.15) is 4.57 Å². The molecule has 6 rings (SSSR count). The van der Waals surface area contributed by atoms with Gasteiger partial charge in [0.05, 0.1) is 11.0 Å². The highest BCUT2D eigenvalue weighted by molar-refractivity contribution is 5.78. The molecule has 4 nitrogen and oxygen atoms in total. The van der Waals surface area contributed by atoms with Crippen molar-refractivity contribution in [1.82, 2.24) is 10.2 Å². The minimum absolute atomic E-state index is 0.0370. The van der Waals surface area contributed by atoms with E-state index in [-0.39, 0.29) is 11.0 Å². The Labute approximate surface area is 201 Å². The van der Waals surface area contributed by atoms with Gasteiger partial charge in [-0.15, -0.1) is 10.2 Å². The molecule has 1 aliphatic heterocycles. The molecule has 3 heterocycles. The summed E-state index contributed by atoms with van der Waals surface area (Å²) < 4.78 is 8.58. The van der Waals surface area contributed by atoms with Crippen molar-refractivity contribution >= 4 is 0 Å². The SMILES string of the molecule is C=C1C2(CC(C)C)c3ccc(-c4nnc(-c5ccc(C)cc5)o4)cc3-c3cccc[n+]3C12CC. The van der Waals surface area contributed by atoms with Gasteiger partial charge in [0, 0.05) is 35.3 Å². The molecule has 2 unspecified atom stereocenters. The lowest BCUT2D eigenvalue weighted by Crippen LogP contribution is -2.55. The third-order valence-corrected chi connectivity index (χ3v) is 7.88. The second kappa shape index (κ2) is 7.23. The van der Waals surface area contributed by atoms with Crippen LogP contribution >= 0.6 is 0 Å². The molecule has 170 valence electrons. The van der Waals surface area contributed by atoms with Gasteiger partial charge < -0.3 is 4.42 Å². The summed E-state index contributed by atoms with van der Waals surface area (Å²) in [7, 11) is 0. The monoisotopic (exact) mass is 448 g/mol. The number of rotatable bonds is 5. The number of hydrogen-bond acceptors (Lipinski definition) is 3. The molecule has 2 aromatic heterocycles. The van der Waals surface area contributed by atoms with E-state index in [1.165, 1.54) is 28.0 Å². The number of hydrogen-bond donors (Lipinski definition) is 0. The van der Waals surface area contributed by atoms with Gasteiger partial charge in [0.25, 0.3) is 0 Å². The maximum Gasteiger partial charge on any atom is 0.248 e. The zero-order valence-corrected chi connectivity index (χ0v) is 20.3. The summed E-state index contributed by atoms with van der Waals surface area (Å²) in [6.07, 6.45) is 4.35. The van der Waals surface area contributed by atoms with Crippen molar-refractivity contribution in [3.8, 4) is 34.2 Å². The molecule has 4 heteroatoms. The number of fused-ring (bicyclic) bond motifs is 6. The topological polar surface area (TPSA) is 42.8 Å². The van der Waals surface area contributed by atoms with Gasteiger partial charge in [-0.1, -0.05) is 51.1 Å². The number of benzene rings is 2. The summed E-state index contributed by atoms with van der Waals surface area (Å²) in [6.45, 7) is 13.6. The number of nitrogens with zero attached hydrogens (tertiary/aromatic N) is 3. The van der Waals surface area contributed by atoms with E-state index in [0.717, 1.165) is 24.0 Å². The molecule has 0 amide bonds. The van der Waals surface area contributed by atoms with Crippen molar-refractivity contribution in [2.45, 2.75) is 51.5 Å². The van der Waals surface area contributed by atoms with Crippen LogP contribution in [0.15, 0.2) is 83.4 Å². The van der Waals surface area contributed by atoms with Crippen LogP contribution in [-0.4, -0.2) is 10.2 Å². The predicted molar refractivity (Wildman–Crippen MR) is 134 cm³/mol. The Morgan fingerprint density at radius 3 is 2.38 bits per heavy atom. The summed E-state index contributed by atoms with van der Waals surface area (Å²) in [5, 5.41) is 8.71. The lowest BCUT2D eigenvalue weighted by molar-refractivity contribution is -0.732. The highest BCUT2D eigenvalue weighted by Gasteiger charge is 2.81. The predicted octanol–water partition coefficient (Wildman–Crippen LogP) is 6.64. The summed E-state index contributed by atoms with van der Waals surface area (Å²) in [5.41, 5.74) is 8.15. The zero-order valence-electron chi connectivity index (χ0n) is 20.3. The Morgan fingerprint density at radius 1 is 0.971 bits per heavy atom. The fraction of sp³-hybridized carbons (Fsp3) is 0.300. The zero-order chi connectivity index (χ0) is 23.7. The van der Waals surface area contributed by atoms with E-state index in [1.54, 1.807) is 0 Å². The van der Waals surface area contributed by atoms with Crippen molar-refractivity contribution in [3.05, 3.63) is 90.1 Å². The van der Waals surface area contributed by atoms with Crippen LogP contribution in [0.3, 0.4) is 0 Å². The van der Waals surface area contributed by atoms with Crippen LogP contribution in [0.2, 0.25) is 0 Å². The van der Waals surface area contributed by atoms with E-state index in [2.05, 4.69) is 104 Å². The fourth-order valence-electron chi connectivity index (χ4n) is 6.42. The van der Waals surface area contributed by atoms with Gasteiger partial charge in [-0.25, -0.2) is 0 Å². The molecule has 0 bridgehead atoms. The van der Waals surface area contributed by atoms with Crippen molar-refractivity contribution in [1.29, 1.82) is 0 Å². The molecule has 0 radical (unpaired) electrons. The largest absolute Gasteiger partial charge is 0.416 e. The van der Waals surface area contributed by atoms with E-state index in [9.17, 15) is 0 Å². The molecule has 2 atom stereocenters. The van der Waals surface area contributed by atoms with Crippen molar-refractivity contribution in [2.75, 3.05) is 0 Å². The van der Waals surface area contributed by atoms with Crippen LogP contribution < -0.4 is 4.57 Å². The van der Waals surface area contributed by atoms with Gasteiger partial charge in [-0.05, 0) is 55.2 Å². The first-order valence-electron chi connectivity index (χ1n) is 12.2. The quantitative estimate of drug-likeness (QED) is 0.254. The Bertz CT molecular complexity index is 1430. The normalized spacial score (nSPS) is 22.3. The van der Waals surface area contributed by atoms with Crippen LogP contribution in [0.1, 0.15) is 44.7 Å². The van der Waals surface area contributed by atoms with Crippen LogP contribution in [0.25, 0.3) is 34.2 Å². The molecule has 0 saturated heterocycles. The Balaban J connectivity index is 1.50. The van der Waals surface area contributed by atoms with Gasteiger partial charge >= 0.3 is 0 Å². The summed E-state index contributed by atoms with van der Waals surface area (Å²) in [5.74, 6) is 1.65. The van der Waals surface area contributed by atoms with Crippen LogP contribution in [-0.2, 0) is 11.0 Å². The number of allylic oxidation sites excluding steroid dienone is 1. The van der Waals surface area contributed by atoms with Crippen molar-refractivity contribution < 1.29 is 8.98 Å². The van der Waals surface area contributed by atoms with Crippen molar-refractivity contribution in [3.63, 3.8) is 0 Å². The van der Waals surface area contributed by atoms with E-state index >= 15 is 0 Å². The van der Waals surface area contributed by atoms with Gasteiger partial charge in [0.15, 0.2) is 6.20 Å².